The van der Waals surface area contributed by atoms with Crippen LogP contribution in [0.25, 0.3) is 0 Å². The van der Waals surface area contributed by atoms with Crippen molar-refractivity contribution in [3.63, 3.8) is 0 Å². The van der Waals surface area contributed by atoms with Gasteiger partial charge < -0.3 is 0 Å². The van der Waals surface area contributed by atoms with Gasteiger partial charge in [0.05, 0.1) is 0 Å². The third-order valence-corrected chi connectivity index (χ3v) is 9.54. The molecule has 1 aromatic carbocycles. The van der Waals surface area contributed by atoms with Crippen molar-refractivity contribution in [1.82, 2.24) is 0 Å². The van der Waals surface area contributed by atoms with E-state index in [-0.39, 0.29) is 6.10 Å². The Bertz CT molecular complexity index is 737. The number of hydrogen-bond acceptors (Lipinski definition) is 1. The van der Waals surface area contributed by atoms with Crippen molar-refractivity contribution in [2.24, 2.45) is 5.41 Å². The van der Waals surface area contributed by atoms with E-state index < -0.39 is 8.07 Å². The van der Waals surface area contributed by atoms with E-state index in [0.717, 1.165) is 0 Å². The zero-order chi connectivity index (χ0) is 19.5. The molecule has 0 unspecified atom stereocenters. The molecule has 0 saturated heterocycles. The summed E-state index contributed by atoms with van der Waals surface area (Å²) in [6.45, 7) is 12.3. The van der Waals surface area contributed by atoms with Crippen LogP contribution < -0.4 is 4.46 Å². The molecule has 0 aromatic heterocycles. The number of fused-ring (bicyclic) bond motifs is 1. The topological polar surface area (TPSA) is 9.23 Å². The Balaban J connectivity index is 1.84. The summed E-state index contributed by atoms with van der Waals surface area (Å²) in [6, 6.07) is 11.0. The molecule has 146 valence electrons. The van der Waals surface area contributed by atoms with Crippen molar-refractivity contribution < 1.29 is 4.74 Å². The second-order valence-electron chi connectivity index (χ2n) is 9.40. The summed E-state index contributed by atoms with van der Waals surface area (Å²) >= 11 is 0.449. The van der Waals surface area contributed by atoms with Crippen molar-refractivity contribution in [2.75, 3.05) is 6.61 Å². The summed E-state index contributed by atoms with van der Waals surface area (Å²) in [4.78, 5) is 0.629. The van der Waals surface area contributed by atoms with Gasteiger partial charge in [0.15, 0.2) is 0 Å². The molecule has 3 heteroatoms. The van der Waals surface area contributed by atoms with Gasteiger partial charge in [-0.05, 0) is 0 Å². The first kappa shape index (κ1) is 20.9. The second kappa shape index (κ2) is 8.70. The summed E-state index contributed by atoms with van der Waals surface area (Å²) in [5.74, 6) is 3.35. The Kier molecular flexibility index (Phi) is 6.75. The first-order chi connectivity index (χ1) is 12.8. The Morgan fingerprint density at radius 2 is 1.93 bits per heavy atom. The molecule has 0 bridgehead atoms. The molecule has 0 amide bonds. The molecule has 3 rings (SSSR count). The Labute approximate surface area is 173 Å². The summed E-state index contributed by atoms with van der Waals surface area (Å²) in [5.41, 5.74) is 7.06. The quantitative estimate of drug-likeness (QED) is 0.344. The molecule has 2 aliphatic rings. The number of benzene rings is 1. The van der Waals surface area contributed by atoms with Crippen molar-refractivity contribution in [3.8, 4) is 11.5 Å². The average Bonchev–Trinajstić information content (AvgIpc) is 2.60. The van der Waals surface area contributed by atoms with Gasteiger partial charge >= 0.3 is 174 Å². The van der Waals surface area contributed by atoms with E-state index in [0.29, 0.717) is 31.8 Å². The molecule has 27 heavy (non-hydrogen) atoms. The number of allylic oxidation sites excluding steroid dienone is 1. The molecule has 0 N–H and O–H groups in total. The van der Waals surface area contributed by atoms with Crippen LogP contribution in [0.4, 0.5) is 0 Å². The SMILES string of the molecule is CC1=C2[C@@H](OCC#C[Si](C)(C)C)[C@@H]([Se]c3ccccc3)CC[C@@]2(C)CCC1. The third-order valence-electron chi connectivity index (χ3n) is 5.82. The molecule has 1 nitrogen and oxygen atoms in total. The first-order valence-electron chi connectivity index (χ1n) is 10.3. The molecule has 1 saturated carbocycles. The van der Waals surface area contributed by atoms with E-state index in [1.807, 2.05) is 0 Å². The van der Waals surface area contributed by atoms with E-state index in [4.69, 9.17) is 4.74 Å². The third kappa shape index (κ3) is 5.39. The molecule has 0 spiro atoms. The van der Waals surface area contributed by atoms with E-state index in [1.165, 1.54) is 36.6 Å². The van der Waals surface area contributed by atoms with Gasteiger partial charge in [0, 0.05) is 0 Å². The normalized spacial score (nSPS) is 28.3. The van der Waals surface area contributed by atoms with Gasteiger partial charge in [0.1, 0.15) is 0 Å². The monoisotopic (exact) mass is 446 g/mol. The van der Waals surface area contributed by atoms with E-state index >= 15 is 0 Å². The second-order valence-corrected chi connectivity index (χ2v) is 16.9. The maximum absolute atomic E-state index is 6.57. The first-order valence-corrected chi connectivity index (χ1v) is 15.7. The summed E-state index contributed by atoms with van der Waals surface area (Å²) in [7, 11) is -1.33. The number of ether oxygens (including phenoxy) is 1. The summed E-state index contributed by atoms with van der Waals surface area (Å²) < 4.78 is 8.07. The molecule has 3 atom stereocenters. The molecule has 1 aromatic rings. The average molecular weight is 446 g/mol. The minimum atomic E-state index is -1.33. The van der Waals surface area contributed by atoms with Crippen LogP contribution in [-0.4, -0.2) is 35.7 Å². The fraction of sp³-hybridized carbons (Fsp3) is 0.583. The van der Waals surface area contributed by atoms with Crippen LogP contribution in [-0.2, 0) is 4.74 Å². The van der Waals surface area contributed by atoms with Crippen LogP contribution in [0.3, 0.4) is 0 Å². The fourth-order valence-electron chi connectivity index (χ4n) is 4.59. The van der Waals surface area contributed by atoms with Crippen LogP contribution >= 0.6 is 0 Å². The Hall–Kier alpha value is -0.784. The van der Waals surface area contributed by atoms with E-state index in [2.05, 4.69) is 75.3 Å². The van der Waals surface area contributed by atoms with E-state index in [9.17, 15) is 0 Å². The molecule has 2 aliphatic carbocycles. The fourth-order valence-corrected chi connectivity index (χ4v) is 7.79. The van der Waals surface area contributed by atoms with Crippen molar-refractivity contribution in [2.45, 2.75) is 76.5 Å². The summed E-state index contributed by atoms with van der Waals surface area (Å²) in [5, 5.41) is 0. The summed E-state index contributed by atoms with van der Waals surface area (Å²) in [6.07, 6.45) is 6.78. The van der Waals surface area contributed by atoms with Gasteiger partial charge in [-0.25, -0.2) is 0 Å². The predicted octanol–water partition coefficient (Wildman–Crippen LogP) is 5.37. The van der Waals surface area contributed by atoms with Gasteiger partial charge in [-0.2, -0.15) is 0 Å². The molecular formula is C24H34OSeSi. The van der Waals surface area contributed by atoms with Crippen LogP contribution in [0.15, 0.2) is 41.5 Å². The Morgan fingerprint density at radius 3 is 2.63 bits per heavy atom. The standard InChI is InChI=1S/C24H34OSeSi/c1-19-11-9-15-24(2)16-14-21(26-20-12-7-6-8-13-20)23(22(19)24)25-17-10-18-27(3,4)5/h6-8,12-13,21,23H,9,11,14-17H2,1-5H3/t21-,23-,24+/m0/s1. The van der Waals surface area contributed by atoms with Crippen LogP contribution in [0.5, 0.6) is 0 Å². The molecule has 0 aliphatic heterocycles. The Morgan fingerprint density at radius 1 is 1.19 bits per heavy atom. The van der Waals surface area contributed by atoms with Crippen molar-refractivity contribution >= 4 is 27.5 Å². The zero-order valence-corrected chi connectivity index (χ0v) is 20.3. The number of rotatable bonds is 4. The van der Waals surface area contributed by atoms with Gasteiger partial charge in [-0.3, -0.25) is 0 Å². The van der Waals surface area contributed by atoms with Gasteiger partial charge in [-0.15, -0.1) is 0 Å². The van der Waals surface area contributed by atoms with Crippen LogP contribution in [0.2, 0.25) is 24.5 Å². The van der Waals surface area contributed by atoms with Crippen molar-refractivity contribution in [1.29, 1.82) is 0 Å². The van der Waals surface area contributed by atoms with Gasteiger partial charge in [0.25, 0.3) is 0 Å². The van der Waals surface area contributed by atoms with Crippen LogP contribution in [0, 0.1) is 16.9 Å². The minimum absolute atomic E-state index is 0.264. The molecule has 1 fully saturated rings. The predicted molar refractivity (Wildman–Crippen MR) is 120 cm³/mol. The van der Waals surface area contributed by atoms with Gasteiger partial charge in [-0.1, -0.05) is 0 Å². The van der Waals surface area contributed by atoms with Gasteiger partial charge in [0.2, 0.25) is 0 Å². The molecule has 0 radical (unpaired) electrons. The molecule has 0 heterocycles. The maximum atomic E-state index is 6.57. The zero-order valence-electron chi connectivity index (χ0n) is 17.6. The van der Waals surface area contributed by atoms with Crippen LogP contribution in [0.1, 0.15) is 46.0 Å². The van der Waals surface area contributed by atoms with Crippen molar-refractivity contribution in [3.05, 3.63) is 41.5 Å². The van der Waals surface area contributed by atoms with E-state index in [1.54, 1.807) is 11.1 Å². The molecular weight excluding hydrogens is 411 g/mol. The number of hydrogen-bond donors (Lipinski definition) is 0.